The van der Waals surface area contributed by atoms with Gasteiger partial charge in [0.15, 0.2) is 5.82 Å². The van der Waals surface area contributed by atoms with Crippen LogP contribution in [0, 0.1) is 0 Å². The summed E-state index contributed by atoms with van der Waals surface area (Å²) in [5, 5.41) is 0. The van der Waals surface area contributed by atoms with E-state index < -0.39 is 0 Å². The second kappa shape index (κ2) is 4.39. The maximum absolute atomic E-state index is 12.5. The maximum Gasteiger partial charge on any atom is 0.260 e. The Bertz CT molecular complexity index is 639. The summed E-state index contributed by atoms with van der Waals surface area (Å²) < 4.78 is 0. The van der Waals surface area contributed by atoms with Gasteiger partial charge >= 0.3 is 0 Å². The minimum absolute atomic E-state index is 0.000741. The van der Waals surface area contributed by atoms with Crippen LogP contribution >= 0.6 is 0 Å². The second-order valence-electron chi connectivity index (χ2n) is 4.47. The van der Waals surface area contributed by atoms with Crippen LogP contribution in [0.3, 0.4) is 0 Å². The summed E-state index contributed by atoms with van der Waals surface area (Å²) in [4.78, 5) is 20.7. The van der Waals surface area contributed by atoms with Crippen molar-refractivity contribution in [1.82, 2.24) is 4.98 Å². The van der Waals surface area contributed by atoms with Crippen LogP contribution in [0.1, 0.15) is 17.3 Å². The van der Waals surface area contributed by atoms with E-state index in [0.29, 0.717) is 5.56 Å². The van der Waals surface area contributed by atoms with Crippen LogP contribution in [0.4, 0.5) is 17.2 Å². The number of carbonyl (C=O) groups excluding carboxylic acids is 1. The molecule has 0 N–H and O–H groups in total. The van der Waals surface area contributed by atoms with Crippen LogP contribution in [0.25, 0.3) is 0 Å². The lowest BCUT2D eigenvalue weighted by Crippen LogP contribution is -2.25. The van der Waals surface area contributed by atoms with Gasteiger partial charge in [0, 0.05) is 19.8 Å². The third-order valence-electron chi connectivity index (χ3n) is 3.43. The highest BCUT2D eigenvalue weighted by Crippen LogP contribution is 2.37. The molecule has 0 saturated heterocycles. The standard InChI is InChI=1S/C15H15N3O/c1-3-18-12-8-5-4-7-11(12)15(19)17(2)13-9-6-10-16-14(13)18/h4-10H,3H2,1-2H3. The van der Waals surface area contributed by atoms with Gasteiger partial charge in [-0.25, -0.2) is 4.98 Å². The van der Waals surface area contributed by atoms with E-state index in [1.807, 2.05) is 36.4 Å². The van der Waals surface area contributed by atoms with Gasteiger partial charge in [0.2, 0.25) is 0 Å². The number of fused-ring (bicyclic) bond motifs is 2. The van der Waals surface area contributed by atoms with Crippen molar-refractivity contribution in [3.63, 3.8) is 0 Å². The van der Waals surface area contributed by atoms with Crippen molar-refractivity contribution in [2.45, 2.75) is 6.92 Å². The molecule has 0 aliphatic carbocycles. The van der Waals surface area contributed by atoms with E-state index in [1.165, 1.54) is 0 Å². The SMILES string of the molecule is CCN1c2ccccc2C(=O)N(C)c2cccnc21. The third-order valence-corrected chi connectivity index (χ3v) is 3.43. The fourth-order valence-corrected chi connectivity index (χ4v) is 2.47. The molecule has 0 saturated carbocycles. The summed E-state index contributed by atoms with van der Waals surface area (Å²) in [5.74, 6) is 0.826. The Balaban J connectivity index is 2.31. The number of benzene rings is 1. The molecule has 1 aliphatic heterocycles. The van der Waals surface area contributed by atoms with Crippen molar-refractivity contribution in [2.75, 3.05) is 23.4 Å². The molecule has 96 valence electrons. The van der Waals surface area contributed by atoms with Crippen LogP contribution in [-0.2, 0) is 0 Å². The molecule has 4 nitrogen and oxygen atoms in total. The maximum atomic E-state index is 12.5. The van der Waals surface area contributed by atoms with Crippen LogP contribution in [-0.4, -0.2) is 24.5 Å². The van der Waals surface area contributed by atoms with Crippen molar-refractivity contribution in [1.29, 1.82) is 0 Å². The molecule has 1 aromatic carbocycles. The number of aromatic nitrogens is 1. The summed E-state index contributed by atoms with van der Waals surface area (Å²) >= 11 is 0. The number of rotatable bonds is 1. The lowest BCUT2D eigenvalue weighted by molar-refractivity contribution is 0.0994. The minimum Gasteiger partial charge on any atom is -0.324 e. The fourth-order valence-electron chi connectivity index (χ4n) is 2.47. The van der Waals surface area contributed by atoms with Gasteiger partial charge in [0.05, 0.1) is 16.9 Å². The molecule has 0 spiro atoms. The molecule has 3 rings (SSSR count). The number of hydrogen-bond donors (Lipinski definition) is 0. The molecule has 1 amide bonds. The molecule has 1 aliphatic rings. The molecule has 2 heterocycles. The van der Waals surface area contributed by atoms with E-state index in [-0.39, 0.29) is 5.91 Å². The molecule has 0 fully saturated rings. The lowest BCUT2D eigenvalue weighted by Gasteiger charge is -2.23. The van der Waals surface area contributed by atoms with Crippen molar-refractivity contribution in [3.8, 4) is 0 Å². The molecule has 1 aromatic heterocycles. The highest BCUT2D eigenvalue weighted by Gasteiger charge is 2.28. The van der Waals surface area contributed by atoms with Gasteiger partial charge in [-0.15, -0.1) is 0 Å². The van der Waals surface area contributed by atoms with Crippen LogP contribution < -0.4 is 9.80 Å². The number of nitrogens with zero attached hydrogens (tertiary/aromatic N) is 3. The van der Waals surface area contributed by atoms with Crippen LogP contribution in [0.5, 0.6) is 0 Å². The Labute approximate surface area is 112 Å². The second-order valence-corrected chi connectivity index (χ2v) is 4.47. The Hall–Kier alpha value is -2.36. The van der Waals surface area contributed by atoms with Crippen LogP contribution in [0.2, 0.25) is 0 Å². The zero-order chi connectivity index (χ0) is 13.4. The molecule has 0 bridgehead atoms. The van der Waals surface area contributed by atoms with Gasteiger partial charge in [0.1, 0.15) is 0 Å². The van der Waals surface area contributed by atoms with Crippen molar-refractivity contribution in [2.24, 2.45) is 0 Å². The van der Waals surface area contributed by atoms with Crippen molar-refractivity contribution < 1.29 is 4.79 Å². The number of hydrogen-bond acceptors (Lipinski definition) is 3. The van der Waals surface area contributed by atoms with Gasteiger partial charge in [-0.05, 0) is 31.2 Å². The van der Waals surface area contributed by atoms with E-state index in [0.717, 1.165) is 23.7 Å². The summed E-state index contributed by atoms with van der Waals surface area (Å²) in [7, 11) is 1.79. The highest BCUT2D eigenvalue weighted by molar-refractivity contribution is 6.13. The summed E-state index contributed by atoms with van der Waals surface area (Å²) in [6, 6.07) is 11.4. The Morgan fingerprint density at radius 1 is 1.11 bits per heavy atom. The number of pyridine rings is 1. The smallest absolute Gasteiger partial charge is 0.260 e. The van der Waals surface area contributed by atoms with E-state index in [4.69, 9.17) is 0 Å². The molecule has 2 aromatic rings. The molecule has 0 atom stereocenters. The van der Waals surface area contributed by atoms with Gasteiger partial charge in [-0.3, -0.25) is 4.79 Å². The third kappa shape index (κ3) is 1.68. The normalized spacial score (nSPS) is 13.9. The van der Waals surface area contributed by atoms with E-state index in [1.54, 1.807) is 18.1 Å². The average Bonchev–Trinajstić information content (AvgIpc) is 2.55. The van der Waals surface area contributed by atoms with Gasteiger partial charge in [-0.2, -0.15) is 0 Å². The molecular weight excluding hydrogens is 238 g/mol. The van der Waals surface area contributed by atoms with E-state index in [2.05, 4.69) is 16.8 Å². The first-order valence-corrected chi connectivity index (χ1v) is 6.33. The predicted molar refractivity (Wildman–Crippen MR) is 76.1 cm³/mol. The number of anilines is 3. The van der Waals surface area contributed by atoms with Gasteiger partial charge < -0.3 is 9.80 Å². The zero-order valence-electron chi connectivity index (χ0n) is 11.0. The largest absolute Gasteiger partial charge is 0.324 e. The molecule has 0 radical (unpaired) electrons. The lowest BCUT2D eigenvalue weighted by atomic mass is 10.1. The minimum atomic E-state index is 0.000741. The Morgan fingerprint density at radius 3 is 2.63 bits per heavy atom. The van der Waals surface area contributed by atoms with E-state index in [9.17, 15) is 4.79 Å². The highest BCUT2D eigenvalue weighted by atomic mass is 16.2. The Kier molecular flexibility index (Phi) is 2.71. The number of carbonyl (C=O) groups is 1. The van der Waals surface area contributed by atoms with Gasteiger partial charge in [0.25, 0.3) is 5.91 Å². The van der Waals surface area contributed by atoms with Gasteiger partial charge in [-0.1, -0.05) is 12.1 Å². The topological polar surface area (TPSA) is 36.4 Å². The Morgan fingerprint density at radius 2 is 1.84 bits per heavy atom. The first-order chi connectivity index (χ1) is 9.24. The quantitative estimate of drug-likeness (QED) is 0.784. The van der Waals surface area contributed by atoms with Crippen molar-refractivity contribution in [3.05, 3.63) is 48.2 Å². The van der Waals surface area contributed by atoms with E-state index >= 15 is 0 Å². The number of amides is 1. The zero-order valence-corrected chi connectivity index (χ0v) is 11.0. The summed E-state index contributed by atoms with van der Waals surface area (Å²) in [6.07, 6.45) is 1.76. The average molecular weight is 253 g/mol. The fraction of sp³-hybridized carbons (Fsp3) is 0.200. The first-order valence-electron chi connectivity index (χ1n) is 6.33. The summed E-state index contributed by atoms with van der Waals surface area (Å²) in [6.45, 7) is 2.83. The monoisotopic (exact) mass is 253 g/mol. The van der Waals surface area contributed by atoms with Crippen molar-refractivity contribution >= 4 is 23.1 Å². The number of para-hydroxylation sites is 1. The molecule has 4 heteroatoms. The molecular formula is C15H15N3O. The summed E-state index contributed by atoms with van der Waals surface area (Å²) in [5.41, 5.74) is 2.47. The molecule has 0 unspecified atom stereocenters. The van der Waals surface area contributed by atoms with Crippen LogP contribution in [0.15, 0.2) is 42.6 Å². The molecule has 19 heavy (non-hydrogen) atoms. The predicted octanol–water partition coefficient (Wildman–Crippen LogP) is 2.83. The first kappa shape index (κ1) is 11.7.